The average Bonchev–Trinajstić information content (AvgIpc) is 3.42. The Kier molecular flexibility index (Phi) is 5.82. The summed E-state index contributed by atoms with van der Waals surface area (Å²) in [6.07, 6.45) is 1.28. The van der Waals surface area contributed by atoms with E-state index in [0.717, 1.165) is 23.1 Å². The van der Waals surface area contributed by atoms with E-state index in [0.29, 0.717) is 0 Å². The van der Waals surface area contributed by atoms with Gasteiger partial charge in [-0.25, -0.2) is 8.78 Å². The van der Waals surface area contributed by atoms with Gasteiger partial charge in [0.2, 0.25) is 0 Å². The minimum absolute atomic E-state index is 0.0161. The maximum absolute atomic E-state index is 14.6. The van der Waals surface area contributed by atoms with Gasteiger partial charge in [0.25, 0.3) is 11.7 Å². The Morgan fingerprint density at radius 2 is 1.82 bits per heavy atom. The lowest BCUT2D eigenvalue weighted by molar-refractivity contribution is -0.132. The fraction of sp³-hybridized carbons (Fsp3) is 0.130. The largest absolute Gasteiger partial charge is 0.507 e. The number of carbonyl (C=O) groups is 2. The van der Waals surface area contributed by atoms with E-state index in [2.05, 4.69) is 0 Å². The van der Waals surface area contributed by atoms with Crippen LogP contribution in [0, 0.1) is 11.6 Å². The molecule has 10 heteroatoms. The van der Waals surface area contributed by atoms with Crippen molar-refractivity contribution in [2.24, 2.45) is 0 Å². The molecule has 3 aromatic rings. The number of Topliss-reactive ketones (excluding diaryl/α,β-unsaturated/α-hetero) is 1. The Balaban J connectivity index is 1.99. The number of ketones is 1. The zero-order valence-corrected chi connectivity index (χ0v) is 18.0. The summed E-state index contributed by atoms with van der Waals surface area (Å²) >= 11 is 6.19. The van der Waals surface area contributed by atoms with Crippen LogP contribution in [0.25, 0.3) is 5.76 Å². The molecular formula is C23H16ClF2NO6. The van der Waals surface area contributed by atoms with Crippen molar-refractivity contribution in [3.8, 4) is 11.5 Å². The molecule has 0 saturated carbocycles. The minimum Gasteiger partial charge on any atom is -0.507 e. The van der Waals surface area contributed by atoms with Crippen LogP contribution in [-0.4, -0.2) is 31.0 Å². The molecule has 0 bridgehead atoms. The number of methoxy groups -OCH3 is 2. The third-order valence-corrected chi connectivity index (χ3v) is 5.45. The van der Waals surface area contributed by atoms with Gasteiger partial charge in [0.05, 0.1) is 42.3 Å². The Labute approximate surface area is 191 Å². The monoisotopic (exact) mass is 475 g/mol. The van der Waals surface area contributed by atoms with Crippen LogP contribution in [0.1, 0.15) is 17.4 Å². The third-order valence-electron chi connectivity index (χ3n) is 5.15. The number of aliphatic hydroxyl groups excluding tert-OH is 1. The summed E-state index contributed by atoms with van der Waals surface area (Å²) in [7, 11) is 2.71. The lowest BCUT2D eigenvalue weighted by Crippen LogP contribution is -2.30. The molecule has 1 unspecified atom stereocenters. The first kappa shape index (κ1) is 22.3. The third kappa shape index (κ3) is 3.70. The molecule has 1 aromatic heterocycles. The summed E-state index contributed by atoms with van der Waals surface area (Å²) in [6.45, 7) is 0. The van der Waals surface area contributed by atoms with Crippen molar-refractivity contribution < 1.29 is 37.4 Å². The highest BCUT2D eigenvalue weighted by atomic mass is 35.5. The molecule has 1 fully saturated rings. The normalized spacial score (nSPS) is 17.5. The van der Waals surface area contributed by atoms with Crippen molar-refractivity contribution >= 4 is 34.7 Å². The van der Waals surface area contributed by atoms with Crippen LogP contribution in [0.3, 0.4) is 0 Å². The predicted molar refractivity (Wildman–Crippen MR) is 114 cm³/mol. The van der Waals surface area contributed by atoms with Crippen LogP contribution in [0.5, 0.6) is 11.5 Å². The van der Waals surface area contributed by atoms with Gasteiger partial charge in [-0.05, 0) is 30.3 Å². The predicted octanol–water partition coefficient (Wildman–Crippen LogP) is 4.85. The van der Waals surface area contributed by atoms with E-state index in [1.807, 2.05) is 0 Å². The number of hydrogen-bond acceptors (Lipinski definition) is 6. The highest BCUT2D eigenvalue weighted by molar-refractivity contribution is 6.51. The second kappa shape index (κ2) is 8.59. The fourth-order valence-corrected chi connectivity index (χ4v) is 3.90. The zero-order chi connectivity index (χ0) is 23.9. The molecule has 7 nitrogen and oxygen atoms in total. The van der Waals surface area contributed by atoms with Crippen molar-refractivity contribution in [1.29, 1.82) is 0 Å². The van der Waals surface area contributed by atoms with Gasteiger partial charge in [-0.15, -0.1) is 0 Å². The van der Waals surface area contributed by atoms with Gasteiger partial charge in [0.1, 0.15) is 40.7 Å². The number of nitrogens with zero attached hydrogens (tertiary/aromatic N) is 1. The molecule has 1 N–H and O–H groups in total. The Hall–Kier alpha value is -3.85. The number of carbonyl (C=O) groups excluding carboxylic acids is 2. The smallest absolute Gasteiger partial charge is 0.300 e. The molecule has 1 aliphatic heterocycles. The van der Waals surface area contributed by atoms with Crippen LogP contribution in [0.2, 0.25) is 5.02 Å². The summed E-state index contributed by atoms with van der Waals surface area (Å²) in [4.78, 5) is 26.8. The standard InChI is InChI=1S/C23H16ClF2NO6/c1-31-17-10-18(32-2)13(24)9-12(17)21(28)19-20(16-4-3-7-33-16)27(23(30)22(19)29)15-8-11(25)5-6-14(15)26/h3-10,20,28H,1-2H3/b21-19-. The number of hydrogen-bond donors (Lipinski definition) is 1. The number of halogens is 3. The summed E-state index contributed by atoms with van der Waals surface area (Å²) in [5.74, 6) is -4.35. The number of amides is 1. The van der Waals surface area contributed by atoms with Gasteiger partial charge in [-0.3, -0.25) is 14.5 Å². The van der Waals surface area contributed by atoms with Crippen LogP contribution < -0.4 is 14.4 Å². The van der Waals surface area contributed by atoms with E-state index in [9.17, 15) is 23.5 Å². The lowest BCUT2D eigenvalue weighted by Gasteiger charge is -2.24. The summed E-state index contributed by atoms with van der Waals surface area (Å²) in [5.41, 5.74) is -0.923. The van der Waals surface area contributed by atoms with Crippen molar-refractivity contribution in [2.75, 3.05) is 19.1 Å². The van der Waals surface area contributed by atoms with Gasteiger partial charge in [-0.2, -0.15) is 0 Å². The molecule has 0 aliphatic carbocycles. The molecule has 4 rings (SSSR count). The SMILES string of the molecule is COc1cc(OC)c(/C(O)=C2/C(=O)C(=O)N(c3cc(F)ccc3F)C2c2ccco2)cc1Cl. The van der Waals surface area contributed by atoms with Crippen molar-refractivity contribution in [3.05, 3.63) is 82.3 Å². The summed E-state index contributed by atoms with van der Waals surface area (Å²) < 4.78 is 44.3. The van der Waals surface area contributed by atoms with Crippen molar-refractivity contribution in [3.63, 3.8) is 0 Å². The van der Waals surface area contributed by atoms with Crippen LogP contribution in [0.15, 0.2) is 58.7 Å². The van der Waals surface area contributed by atoms with Crippen molar-refractivity contribution in [2.45, 2.75) is 6.04 Å². The molecule has 1 atom stereocenters. The molecule has 1 saturated heterocycles. The van der Waals surface area contributed by atoms with E-state index in [4.69, 9.17) is 25.5 Å². The molecule has 170 valence electrons. The zero-order valence-electron chi connectivity index (χ0n) is 17.3. The van der Waals surface area contributed by atoms with Gasteiger partial charge in [-0.1, -0.05) is 11.6 Å². The second-order valence-corrected chi connectivity index (χ2v) is 7.37. The molecule has 0 spiro atoms. The number of rotatable bonds is 5. The quantitative estimate of drug-likeness (QED) is 0.322. The molecule has 33 heavy (non-hydrogen) atoms. The maximum atomic E-state index is 14.6. The topological polar surface area (TPSA) is 89.2 Å². The first-order valence-corrected chi connectivity index (χ1v) is 9.87. The van der Waals surface area contributed by atoms with Gasteiger partial charge in [0.15, 0.2) is 0 Å². The molecule has 2 heterocycles. The highest BCUT2D eigenvalue weighted by Gasteiger charge is 2.49. The number of furan rings is 1. The first-order valence-electron chi connectivity index (χ1n) is 9.49. The Bertz CT molecular complexity index is 1290. The van der Waals surface area contributed by atoms with Gasteiger partial charge < -0.3 is 19.0 Å². The number of benzene rings is 2. The lowest BCUT2D eigenvalue weighted by atomic mass is 9.98. The van der Waals surface area contributed by atoms with E-state index in [-0.39, 0.29) is 27.8 Å². The molecule has 2 aromatic carbocycles. The van der Waals surface area contributed by atoms with Crippen molar-refractivity contribution in [1.82, 2.24) is 0 Å². The number of aliphatic hydroxyl groups is 1. The molecule has 0 radical (unpaired) electrons. The maximum Gasteiger partial charge on any atom is 0.300 e. The van der Waals surface area contributed by atoms with E-state index < -0.39 is 46.4 Å². The van der Waals surface area contributed by atoms with E-state index in [1.165, 1.54) is 44.7 Å². The van der Waals surface area contributed by atoms with Gasteiger partial charge >= 0.3 is 0 Å². The molecule has 1 aliphatic rings. The second-order valence-electron chi connectivity index (χ2n) is 6.97. The van der Waals surface area contributed by atoms with Crippen LogP contribution >= 0.6 is 11.6 Å². The molecular weight excluding hydrogens is 460 g/mol. The van der Waals surface area contributed by atoms with E-state index >= 15 is 0 Å². The Morgan fingerprint density at radius 1 is 1.09 bits per heavy atom. The van der Waals surface area contributed by atoms with E-state index in [1.54, 1.807) is 0 Å². The molecule has 1 amide bonds. The average molecular weight is 476 g/mol. The Morgan fingerprint density at radius 3 is 2.45 bits per heavy atom. The summed E-state index contributed by atoms with van der Waals surface area (Å²) in [6, 6.07) is 6.71. The fourth-order valence-electron chi connectivity index (χ4n) is 3.66. The number of anilines is 1. The van der Waals surface area contributed by atoms with Gasteiger partial charge in [0, 0.05) is 12.1 Å². The number of ether oxygens (including phenoxy) is 2. The highest BCUT2D eigenvalue weighted by Crippen LogP contribution is 2.45. The minimum atomic E-state index is -1.39. The first-order chi connectivity index (χ1) is 15.8. The van der Waals surface area contributed by atoms with Crippen LogP contribution in [-0.2, 0) is 9.59 Å². The van der Waals surface area contributed by atoms with Crippen LogP contribution in [0.4, 0.5) is 14.5 Å². The summed E-state index contributed by atoms with van der Waals surface area (Å²) in [5, 5.41) is 11.3.